The Labute approximate surface area is 75.2 Å². The zero-order chi connectivity index (χ0) is 8.55. The zero-order valence-electron chi connectivity index (χ0n) is 8.00. The largest absolute Gasteiger partial charge is 0.393 e. The van der Waals surface area contributed by atoms with Gasteiger partial charge in [-0.05, 0) is 37.0 Å². The van der Waals surface area contributed by atoms with Crippen molar-refractivity contribution in [1.29, 1.82) is 0 Å². The van der Waals surface area contributed by atoms with Crippen molar-refractivity contribution in [2.45, 2.75) is 51.6 Å². The standard InChI is InChI=1S/C11H20O/c1-2-3-7-10(12)11-8-5-4-6-9(8)11/h8-12H,2-7H2,1H3. The summed E-state index contributed by atoms with van der Waals surface area (Å²) in [5.74, 6) is 2.57. The smallest absolute Gasteiger partial charge is 0.0573 e. The number of unbranched alkanes of at least 4 members (excludes halogenated alkanes) is 1. The normalized spacial score (nSPS) is 41.0. The van der Waals surface area contributed by atoms with E-state index in [2.05, 4.69) is 6.92 Å². The number of aliphatic hydroxyl groups is 1. The summed E-state index contributed by atoms with van der Waals surface area (Å²) in [6.07, 6.45) is 7.74. The van der Waals surface area contributed by atoms with Crippen LogP contribution in [0.4, 0.5) is 0 Å². The van der Waals surface area contributed by atoms with Crippen molar-refractivity contribution in [3.63, 3.8) is 0 Å². The van der Waals surface area contributed by atoms with Crippen molar-refractivity contribution in [3.8, 4) is 0 Å². The molecule has 1 N–H and O–H groups in total. The Kier molecular flexibility index (Phi) is 2.40. The second-order valence-corrected chi connectivity index (χ2v) is 4.55. The van der Waals surface area contributed by atoms with Gasteiger partial charge in [-0.25, -0.2) is 0 Å². The van der Waals surface area contributed by atoms with Gasteiger partial charge in [-0.15, -0.1) is 0 Å². The molecule has 1 heteroatoms. The first-order valence-corrected chi connectivity index (χ1v) is 5.52. The van der Waals surface area contributed by atoms with Crippen molar-refractivity contribution < 1.29 is 5.11 Å². The maximum absolute atomic E-state index is 9.83. The number of rotatable bonds is 4. The molecule has 0 spiro atoms. The van der Waals surface area contributed by atoms with Crippen LogP contribution in [-0.2, 0) is 0 Å². The fraction of sp³-hybridized carbons (Fsp3) is 1.00. The molecule has 0 radical (unpaired) electrons. The molecule has 0 amide bonds. The summed E-state index contributed by atoms with van der Waals surface area (Å²) >= 11 is 0. The molecule has 0 bridgehead atoms. The van der Waals surface area contributed by atoms with Crippen LogP contribution in [0.2, 0.25) is 0 Å². The van der Waals surface area contributed by atoms with Crippen molar-refractivity contribution >= 4 is 0 Å². The highest BCUT2D eigenvalue weighted by atomic mass is 16.3. The van der Waals surface area contributed by atoms with Crippen LogP contribution < -0.4 is 0 Å². The minimum atomic E-state index is 0.0419. The molecule has 2 aliphatic rings. The number of fused-ring (bicyclic) bond motifs is 1. The van der Waals surface area contributed by atoms with E-state index >= 15 is 0 Å². The van der Waals surface area contributed by atoms with Gasteiger partial charge < -0.3 is 5.11 Å². The number of aliphatic hydroxyl groups excluding tert-OH is 1. The van der Waals surface area contributed by atoms with Gasteiger partial charge in [-0.3, -0.25) is 0 Å². The van der Waals surface area contributed by atoms with Crippen molar-refractivity contribution in [3.05, 3.63) is 0 Å². The quantitative estimate of drug-likeness (QED) is 0.684. The van der Waals surface area contributed by atoms with E-state index in [1.165, 1.54) is 32.1 Å². The lowest BCUT2D eigenvalue weighted by Crippen LogP contribution is -2.12. The molecule has 0 aromatic rings. The van der Waals surface area contributed by atoms with Gasteiger partial charge in [0.1, 0.15) is 0 Å². The third kappa shape index (κ3) is 1.39. The van der Waals surface area contributed by atoms with Gasteiger partial charge in [0.25, 0.3) is 0 Å². The van der Waals surface area contributed by atoms with Crippen LogP contribution in [0.15, 0.2) is 0 Å². The minimum Gasteiger partial charge on any atom is -0.393 e. The first-order chi connectivity index (χ1) is 5.84. The Balaban J connectivity index is 1.72. The van der Waals surface area contributed by atoms with Gasteiger partial charge in [0.05, 0.1) is 6.10 Å². The molecule has 2 fully saturated rings. The van der Waals surface area contributed by atoms with Crippen LogP contribution in [0.1, 0.15) is 45.4 Å². The maximum atomic E-state index is 9.83. The second kappa shape index (κ2) is 3.37. The third-order valence-electron chi connectivity index (χ3n) is 3.77. The Morgan fingerprint density at radius 1 is 1.33 bits per heavy atom. The fourth-order valence-corrected chi connectivity index (χ4v) is 3.05. The Morgan fingerprint density at radius 3 is 2.58 bits per heavy atom. The molecule has 0 heterocycles. The van der Waals surface area contributed by atoms with E-state index in [0.717, 1.165) is 18.3 Å². The summed E-state index contributed by atoms with van der Waals surface area (Å²) in [4.78, 5) is 0. The highest BCUT2D eigenvalue weighted by molar-refractivity contribution is 5.03. The number of hydrogen-bond donors (Lipinski definition) is 1. The van der Waals surface area contributed by atoms with Gasteiger partial charge in [-0.2, -0.15) is 0 Å². The zero-order valence-corrected chi connectivity index (χ0v) is 8.00. The fourth-order valence-electron chi connectivity index (χ4n) is 3.05. The van der Waals surface area contributed by atoms with Gasteiger partial charge >= 0.3 is 0 Å². The lowest BCUT2D eigenvalue weighted by atomic mass is 10.0. The Morgan fingerprint density at radius 2 is 2.00 bits per heavy atom. The van der Waals surface area contributed by atoms with Crippen LogP contribution >= 0.6 is 0 Å². The molecule has 70 valence electrons. The van der Waals surface area contributed by atoms with Gasteiger partial charge in [-0.1, -0.05) is 26.2 Å². The molecule has 12 heavy (non-hydrogen) atoms. The lowest BCUT2D eigenvalue weighted by molar-refractivity contribution is 0.123. The maximum Gasteiger partial charge on any atom is 0.0573 e. The van der Waals surface area contributed by atoms with Crippen LogP contribution in [0.5, 0.6) is 0 Å². The summed E-state index contributed by atoms with van der Waals surface area (Å²) in [6, 6.07) is 0. The van der Waals surface area contributed by atoms with Crippen LogP contribution in [0.25, 0.3) is 0 Å². The molecule has 3 atom stereocenters. The van der Waals surface area contributed by atoms with E-state index in [4.69, 9.17) is 0 Å². The van der Waals surface area contributed by atoms with Crippen LogP contribution in [0.3, 0.4) is 0 Å². The van der Waals surface area contributed by atoms with Gasteiger partial charge in [0.15, 0.2) is 0 Å². The third-order valence-corrected chi connectivity index (χ3v) is 3.77. The van der Waals surface area contributed by atoms with E-state index in [1.54, 1.807) is 0 Å². The van der Waals surface area contributed by atoms with Crippen molar-refractivity contribution in [2.24, 2.45) is 17.8 Å². The summed E-state index contributed by atoms with van der Waals surface area (Å²) in [7, 11) is 0. The highest BCUT2D eigenvalue weighted by Gasteiger charge is 2.55. The van der Waals surface area contributed by atoms with Crippen LogP contribution in [-0.4, -0.2) is 11.2 Å². The van der Waals surface area contributed by atoms with E-state index in [0.29, 0.717) is 5.92 Å². The molecular weight excluding hydrogens is 148 g/mol. The molecule has 3 unspecified atom stereocenters. The first-order valence-electron chi connectivity index (χ1n) is 5.52. The van der Waals surface area contributed by atoms with E-state index < -0.39 is 0 Å². The Hall–Kier alpha value is -0.0400. The Bertz CT molecular complexity index is 145. The van der Waals surface area contributed by atoms with E-state index in [1.807, 2.05) is 0 Å². The van der Waals surface area contributed by atoms with E-state index in [9.17, 15) is 5.11 Å². The molecule has 2 aliphatic carbocycles. The summed E-state index contributed by atoms with van der Waals surface area (Å²) in [5.41, 5.74) is 0. The first kappa shape index (κ1) is 8.55. The SMILES string of the molecule is CCCCC(O)C1C2CCCC21. The molecule has 2 saturated carbocycles. The van der Waals surface area contributed by atoms with E-state index in [-0.39, 0.29) is 6.10 Å². The molecule has 0 aliphatic heterocycles. The average Bonchev–Trinajstić information content (AvgIpc) is 2.56. The van der Waals surface area contributed by atoms with Crippen molar-refractivity contribution in [1.82, 2.24) is 0 Å². The summed E-state index contributed by atoms with van der Waals surface area (Å²) in [5, 5.41) is 9.83. The lowest BCUT2D eigenvalue weighted by Gasteiger charge is -2.11. The summed E-state index contributed by atoms with van der Waals surface area (Å²) in [6.45, 7) is 2.19. The topological polar surface area (TPSA) is 20.2 Å². The number of hydrogen-bond acceptors (Lipinski definition) is 1. The predicted octanol–water partition coefficient (Wildman–Crippen LogP) is 2.58. The molecular formula is C11H20O. The van der Waals surface area contributed by atoms with Gasteiger partial charge in [0.2, 0.25) is 0 Å². The molecule has 1 nitrogen and oxygen atoms in total. The molecule has 0 saturated heterocycles. The van der Waals surface area contributed by atoms with Gasteiger partial charge in [0, 0.05) is 0 Å². The van der Waals surface area contributed by atoms with Crippen LogP contribution in [0, 0.1) is 17.8 Å². The molecule has 0 aromatic heterocycles. The summed E-state index contributed by atoms with van der Waals surface area (Å²) < 4.78 is 0. The predicted molar refractivity (Wildman–Crippen MR) is 49.9 cm³/mol. The average molecular weight is 168 g/mol. The second-order valence-electron chi connectivity index (χ2n) is 4.55. The monoisotopic (exact) mass is 168 g/mol. The molecule has 2 rings (SSSR count). The van der Waals surface area contributed by atoms with Crippen molar-refractivity contribution in [2.75, 3.05) is 0 Å². The molecule has 0 aromatic carbocycles. The highest BCUT2D eigenvalue weighted by Crippen LogP contribution is 2.59. The minimum absolute atomic E-state index is 0.0419.